The Morgan fingerprint density at radius 3 is 2.33 bits per heavy atom. The number of imide groups is 1. The van der Waals surface area contributed by atoms with Crippen molar-refractivity contribution in [2.24, 2.45) is 0 Å². The number of hydrogen-bond acceptors (Lipinski definition) is 3. The van der Waals surface area contributed by atoms with Crippen LogP contribution in [0.15, 0.2) is 36.4 Å². The molecule has 0 bridgehead atoms. The third-order valence-corrected chi connectivity index (χ3v) is 4.85. The molecule has 1 unspecified atom stereocenters. The van der Waals surface area contributed by atoms with E-state index in [1.807, 2.05) is 32.0 Å². The van der Waals surface area contributed by atoms with Crippen LogP contribution in [0.25, 0.3) is 0 Å². The molecule has 2 amide bonds. The second-order valence-corrected chi connectivity index (χ2v) is 6.65. The van der Waals surface area contributed by atoms with E-state index in [0.717, 1.165) is 21.7 Å². The highest BCUT2D eigenvalue weighted by atomic mass is 35.5. The van der Waals surface area contributed by atoms with E-state index < -0.39 is 6.04 Å². The van der Waals surface area contributed by atoms with Crippen LogP contribution in [0.1, 0.15) is 17.5 Å². The van der Waals surface area contributed by atoms with Gasteiger partial charge in [-0.3, -0.25) is 9.59 Å². The van der Waals surface area contributed by atoms with E-state index >= 15 is 0 Å². The van der Waals surface area contributed by atoms with Crippen LogP contribution in [0, 0.1) is 13.8 Å². The van der Waals surface area contributed by atoms with Crippen LogP contribution in [0.4, 0.5) is 11.4 Å². The quantitative estimate of drug-likeness (QED) is 0.825. The van der Waals surface area contributed by atoms with Gasteiger partial charge in [0.2, 0.25) is 5.91 Å². The fraction of sp³-hybridized carbons (Fsp3) is 0.222. The predicted molar refractivity (Wildman–Crippen MR) is 96.9 cm³/mol. The number of nitrogens with one attached hydrogen (secondary N) is 1. The van der Waals surface area contributed by atoms with Gasteiger partial charge in [0.25, 0.3) is 5.91 Å². The summed E-state index contributed by atoms with van der Waals surface area (Å²) in [6.07, 6.45) is 0.104. The Kier molecular flexibility index (Phi) is 4.52. The zero-order valence-electron chi connectivity index (χ0n) is 13.3. The normalized spacial score (nSPS) is 17.5. The molecular weight excluding hydrogens is 347 g/mol. The lowest BCUT2D eigenvalue weighted by atomic mass is 10.1. The molecule has 0 spiro atoms. The minimum absolute atomic E-state index is 0.104. The van der Waals surface area contributed by atoms with E-state index in [1.165, 1.54) is 6.07 Å². The first-order valence-electron chi connectivity index (χ1n) is 7.53. The van der Waals surface area contributed by atoms with E-state index in [-0.39, 0.29) is 18.2 Å². The molecule has 2 aromatic rings. The third-order valence-electron chi connectivity index (χ3n) is 4.11. The van der Waals surface area contributed by atoms with Crippen molar-refractivity contribution < 1.29 is 9.59 Å². The van der Waals surface area contributed by atoms with Gasteiger partial charge in [0.15, 0.2) is 0 Å². The second-order valence-electron chi connectivity index (χ2n) is 5.83. The van der Waals surface area contributed by atoms with Gasteiger partial charge < -0.3 is 5.32 Å². The Balaban J connectivity index is 1.88. The summed E-state index contributed by atoms with van der Waals surface area (Å²) in [7, 11) is 0. The number of rotatable bonds is 3. The van der Waals surface area contributed by atoms with Crippen LogP contribution < -0.4 is 10.2 Å². The highest BCUT2D eigenvalue weighted by Gasteiger charge is 2.40. The van der Waals surface area contributed by atoms with E-state index in [1.54, 1.807) is 12.1 Å². The molecule has 4 nitrogen and oxygen atoms in total. The van der Waals surface area contributed by atoms with Gasteiger partial charge in [0.1, 0.15) is 6.04 Å². The molecule has 1 aliphatic rings. The summed E-state index contributed by atoms with van der Waals surface area (Å²) in [5, 5.41) is 3.90. The smallest absolute Gasteiger partial charge is 0.256 e. The number of benzene rings is 2. The Bertz CT molecular complexity index is 816. The molecule has 0 saturated carbocycles. The van der Waals surface area contributed by atoms with Gasteiger partial charge in [0, 0.05) is 5.69 Å². The molecular formula is C18H16Cl2N2O2. The molecule has 6 heteroatoms. The topological polar surface area (TPSA) is 49.4 Å². The van der Waals surface area contributed by atoms with E-state index in [4.69, 9.17) is 23.2 Å². The molecule has 0 aliphatic carbocycles. The van der Waals surface area contributed by atoms with Crippen molar-refractivity contribution >= 4 is 46.4 Å². The average Bonchev–Trinajstić information content (AvgIpc) is 2.80. The summed E-state index contributed by atoms with van der Waals surface area (Å²) < 4.78 is 0. The number of carbonyl (C=O) groups is 2. The fourth-order valence-electron chi connectivity index (χ4n) is 2.86. The number of anilines is 2. The Hall–Kier alpha value is -2.04. The van der Waals surface area contributed by atoms with Crippen LogP contribution in [0.5, 0.6) is 0 Å². The first-order chi connectivity index (χ1) is 11.4. The predicted octanol–water partition coefficient (Wildman–Crippen LogP) is 4.35. The maximum Gasteiger partial charge on any atom is 0.256 e. The molecule has 1 atom stereocenters. The number of carbonyl (C=O) groups excluding carboxylic acids is 2. The summed E-state index contributed by atoms with van der Waals surface area (Å²) in [6, 6.07) is 10.0. The van der Waals surface area contributed by atoms with Crippen LogP contribution in [0.2, 0.25) is 10.0 Å². The maximum absolute atomic E-state index is 12.7. The largest absolute Gasteiger partial charge is 0.373 e. The number of amides is 2. The zero-order valence-corrected chi connectivity index (χ0v) is 14.8. The van der Waals surface area contributed by atoms with Crippen molar-refractivity contribution in [3.8, 4) is 0 Å². The molecule has 2 aromatic carbocycles. The highest BCUT2D eigenvalue weighted by Crippen LogP contribution is 2.31. The lowest BCUT2D eigenvalue weighted by Crippen LogP contribution is -2.35. The zero-order chi connectivity index (χ0) is 17.4. The lowest BCUT2D eigenvalue weighted by Gasteiger charge is -2.18. The van der Waals surface area contributed by atoms with Crippen molar-refractivity contribution in [1.82, 2.24) is 0 Å². The van der Waals surface area contributed by atoms with Gasteiger partial charge >= 0.3 is 0 Å². The first-order valence-corrected chi connectivity index (χ1v) is 8.28. The van der Waals surface area contributed by atoms with Gasteiger partial charge in [-0.1, -0.05) is 41.4 Å². The summed E-state index contributed by atoms with van der Waals surface area (Å²) in [6.45, 7) is 3.93. The Labute approximate surface area is 150 Å². The number of halogens is 2. The molecule has 124 valence electrons. The fourth-order valence-corrected chi connectivity index (χ4v) is 3.15. The molecule has 24 heavy (non-hydrogen) atoms. The summed E-state index contributed by atoms with van der Waals surface area (Å²) in [5.41, 5.74) is 3.39. The van der Waals surface area contributed by atoms with Gasteiger partial charge in [-0.2, -0.15) is 0 Å². The number of para-hydroxylation sites is 1. The van der Waals surface area contributed by atoms with Gasteiger partial charge in [-0.25, -0.2) is 4.90 Å². The molecule has 0 radical (unpaired) electrons. The van der Waals surface area contributed by atoms with Gasteiger partial charge in [0.05, 0.1) is 22.2 Å². The Morgan fingerprint density at radius 1 is 1.04 bits per heavy atom. The first kappa shape index (κ1) is 16.8. The van der Waals surface area contributed by atoms with Crippen LogP contribution in [0.3, 0.4) is 0 Å². The van der Waals surface area contributed by atoms with Gasteiger partial charge in [-0.05, 0) is 43.2 Å². The van der Waals surface area contributed by atoms with E-state index in [9.17, 15) is 9.59 Å². The van der Waals surface area contributed by atoms with Crippen molar-refractivity contribution in [3.63, 3.8) is 0 Å². The van der Waals surface area contributed by atoms with E-state index in [2.05, 4.69) is 5.32 Å². The molecule has 1 saturated heterocycles. The number of aryl methyl sites for hydroxylation is 2. The van der Waals surface area contributed by atoms with Crippen molar-refractivity contribution in [3.05, 3.63) is 57.6 Å². The highest BCUT2D eigenvalue weighted by molar-refractivity contribution is 6.42. The molecule has 0 aromatic heterocycles. The van der Waals surface area contributed by atoms with Crippen molar-refractivity contribution in [2.75, 3.05) is 10.2 Å². The van der Waals surface area contributed by atoms with Crippen LogP contribution >= 0.6 is 23.2 Å². The van der Waals surface area contributed by atoms with Crippen LogP contribution in [-0.4, -0.2) is 17.9 Å². The monoisotopic (exact) mass is 362 g/mol. The minimum Gasteiger partial charge on any atom is -0.373 e. The molecule has 1 fully saturated rings. The molecule has 1 N–H and O–H groups in total. The van der Waals surface area contributed by atoms with Gasteiger partial charge in [-0.15, -0.1) is 0 Å². The number of nitrogens with zero attached hydrogens (tertiary/aromatic N) is 1. The van der Waals surface area contributed by atoms with Crippen molar-refractivity contribution in [2.45, 2.75) is 26.3 Å². The van der Waals surface area contributed by atoms with E-state index in [0.29, 0.717) is 15.7 Å². The maximum atomic E-state index is 12.7. The minimum atomic E-state index is -0.591. The number of hydrogen-bond donors (Lipinski definition) is 1. The molecule has 1 heterocycles. The summed E-state index contributed by atoms with van der Waals surface area (Å²) in [5.74, 6) is -0.553. The van der Waals surface area contributed by atoms with Crippen molar-refractivity contribution in [1.29, 1.82) is 0 Å². The third kappa shape index (κ3) is 2.99. The summed E-state index contributed by atoms with van der Waals surface area (Å²) >= 11 is 11.9. The molecule has 3 rings (SSSR count). The van der Waals surface area contributed by atoms with Crippen LogP contribution in [-0.2, 0) is 9.59 Å². The lowest BCUT2D eigenvalue weighted by molar-refractivity contribution is -0.121. The summed E-state index contributed by atoms with van der Waals surface area (Å²) in [4.78, 5) is 26.2. The average molecular weight is 363 g/mol. The standard InChI is InChI=1S/C18H16Cl2N2O2/c1-10-4-3-5-11(2)17(10)21-15-9-16(23)22(18(15)24)12-6-7-13(19)14(20)8-12/h3-8,15,21H,9H2,1-2H3. The second kappa shape index (κ2) is 6.46. The SMILES string of the molecule is Cc1cccc(C)c1NC1CC(=O)N(c2ccc(Cl)c(Cl)c2)C1=O. The molecule has 1 aliphatic heterocycles. The Morgan fingerprint density at radius 2 is 1.71 bits per heavy atom.